The largest absolute Gasteiger partial charge is 0.345 e. The molecule has 1 aromatic heterocycles. The van der Waals surface area contributed by atoms with Crippen molar-refractivity contribution in [1.82, 2.24) is 15.1 Å². The minimum absolute atomic E-state index is 0.00202. The third-order valence-corrected chi connectivity index (χ3v) is 6.65. The van der Waals surface area contributed by atoms with Gasteiger partial charge in [0.2, 0.25) is 0 Å². The lowest BCUT2D eigenvalue weighted by atomic mass is 10.2. The van der Waals surface area contributed by atoms with Crippen LogP contribution in [-0.2, 0) is 30.9 Å². The van der Waals surface area contributed by atoms with Gasteiger partial charge in [-0.05, 0) is 31.0 Å². The van der Waals surface area contributed by atoms with Crippen LogP contribution in [0.25, 0.3) is 5.69 Å². The molecule has 0 unspecified atom stereocenters. The molecule has 0 bridgehead atoms. The third-order valence-electron chi connectivity index (χ3n) is 4.97. The van der Waals surface area contributed by atoms with Crippen LogP contribution in [0.5, 0.6) is 0 Å². The number of nitrogens with zero attached hydrogens (tertiary/aromatic N) is 2. The Bertz CT molecular complexity index is 1060. The average molecular weight is 423 g/mol. The summed E-state index contributed by atoms with van der Waals surface area (Å²) in [7, 11) is -3.32. The number of amides is 2. The van der Waals surface area contributed by atoms with Gasteiger partial charge in [-0.15, -0.1) is 0 Å². The van der Waals surface area contributed by atoms with Crippen LogP contribution in [0.15, 0.2) is 24.3 Å². The van der Waals surface area contributed by atoms with Gasteiger partial charge >= 0.3 is 11.8 Å². The molecule has 28 heavy (non-hydrogen) atoms. The topological polar surface area (TPSA) is 110 Å². The van der Waals surface area contributed by atoms with Crippen molar-refractivity contribution in [3.63, 3.8) is 0 Å². The molecule has 0 spiro atoms. The second-order valence-corrected chi connectivity index (χ2v) is 9.61. The van der Waals surface area contributed by atoms with E-state index in [1.807, 2.05) is 0 Å². The van der Waals surface area contributed by atoms with E-state index in [2.05, 4.69) is 15.7 Å². The predicted octanol–water partition coefficient (Wildman–Crippen LogP) is 1.95. The number of halogens is 1. The second-order valence-electron chi connectivity index (χ2n) is 7.11. The van der Waals surface area contributed by atoms with Crippen molar-refractivity contribution < 1.29 is 18.0 Å². The Morgan fingerprint density at radius 3 is 2.61 bits per heavy atom. The highest BCUT2D eigenvalue weighted by molar-refractivity contribution is 7.90. The lowest BCUT2D eigenvalue weighted by Crippen LogP contribution is -2.41. The first-order valence-electron chi connectivity index (χ1n) is 9.01. The predicted molar refractivity (Wildman–Crippen MR) is 104 cm³/mol. The van der Waals surface area contributed by atoms with Gasteiger partial charge in [-0.1, -0.05) is 30.5 Å². The lowest BCUT2D eigenvalue weighted by molar-refractivity contribution is -0.136. The number of carbonyl (C=O) groups excluding carboxylic acids is 2. The second kappa shape index (κ2) is 7.21. The number of sulfone groups is 1. The van der Waals surface area contributed by atoms with Gasteiger partial charge in [0.25, 0.3) is 0 Å². The number of benzene rings is 1. The molecule has 2 aliphatic rings. The molecule has 0 atom stereocenters. The van der Waals surface area contributed by atoms with Crippen molar-refractivity contribution in [2.75, 3.05) is 5.32 Å². The van der Waals surface area contributed by atoms with Gasteiger partial charge in [-0.25, -0.2) is 13.1 Å². The summed E-state index contributed by atoms with van der Waals surface area (Å²) in [5.41, 5.74) is 1.33. The summed E-state index contributed by atoms with van der Waals surface area (Å²) in [6, 6.07) is 6.80. The molecule has 148 valence electrons. The molecule has 1 fully saturated rings. The maximum Gasteiger partial charge on any atom is 0.314 e. The fourth-order valence-corrected chi connectivity index (χ4v) is 5.33. The maximum atomic E-state index is 12.5. The van der Waals surface area contributed by atoms with Crippen molar-refractivity contribution in [2.45, 2.75) is 43.2 Å². The van der Waals surface area contributed by atoms with E-state index in [-0.39, 0.29) is 23.4 Å². The molecule has 1 aromatic carbocycles. The van der Waals surface area contributed by atoms with Crippen molar-refractivity contribution in [2.24, 2.45) is 0 Å². The van der Waals surface area contributed by atoms with Crippen LogP contribution in [-0.4, -0.2) is 36.1 Å². The van der Waals surface area contributed by atoms with E-state index < -0.39 is 21.7 Å². The van der Waals surface area contributed by atoms with E-state index in [1.165, 1.54) is 4.68 Å². The van der Waals surface area contributed by atoms with Gasteiger partial charge in [-0.3, -0.25) is 9.59 Å². The maximum absolute atomic E-state index is 12.5. The Morgan fingerprint density at radius 2 is 1.89 bits per heavy atom. The van der Waals surface area contributed by atoms with Crippen LogP contribution in [0, 0.1) is 0 Å². The van der Waals surface area contributed by atoms with Crippen molar-refractivity contribution in [3.05, 3.63) is 40.5 Å². The van der Waals surface area contributed by atoms with Gasteiger partial charge in [0.1, 0.15) is 5.82 Å². The zero-order valence-corrected chi connectivity index (χ0v) is 16.5. The minimum Gasteiger partial charge on any atom is -0.345 e. The molecule has 1 saturated carbocycles. The zero-order chi connectivity index (χ0) is 19.9. The van der Waals surface area contributed by atoms with Gasteiger partial charge in [-0.2, -0.15) is 5.10 Å². The first-order chi connectivity index (χ1) is 13.3. The van der Waals surface area contributed by atoms with Crippen molar-refractivity contribution in [3.8, 4) is 5.69 Å². The highest BCUT2D eigenvalue weighted by Crippen LogP contribution is 2.33. The fraction of sp³-hybridized carbons (Fsp3) is 0.389. The Hall–Kier alpha value is -2.39. The quantitative estimate of drug-likeness (QED) is 0.734. The molecule has 2 heterocycles. The summed E-state index contributed by atoms with van der Waals surface area (Å²) in [6.45, 7) is 0. The number of aromatic nitrogens is 2. The molecule has 10 heteroatoms. The number of carbonyl (C=O) groups is 2. The summed E-state index contributed by atoms with van der Waals surface area (Å²) < 4.78 is 25.4. The van der Waals surface area contributed by atoms with E-state index in [0.29, 0.717) is 22.0 Å². The van der Waals surface area contributed by atoms with Crippen LogP contribution < -0.4 is 10.6 Å². The molecule has 1 aliphatic carbocycles. The number of anilines is 1. The lowest BCUT2D eigenvalue weighted by Gasteiger charge is -2.13. The molecule has 0 radical (unpaired) electrons. The van der Waals surface area contributed by atoms with E-state index >= 15 is 0 Å². The van der Waals surface area contributed by atoms with Crippen molar-refractivity contribution in [1.29, 1.82) is 0 Å². The summed E-state index contributed by atoms with van der Waals surface area (Å²) >= 11 is 6.05. The summed E-state index contributed by atoms with van der Waals surface area (Å²) in [6.07, 6.45) is 3.76. The van der Waals surface area contributed by atoms with Crippen LogP contribution in [0.1, 0.15) is 36.9 Å². The molecule has 2 N–H and O–H groups in total. The standard InChI is InChI=1S/C18H19ClN4O4S/c19-11-4-3-7-13(8-11)23-16(14-9-28(26,27)10-15(14)22-23)21-18(25)17(24)20-12-5-1-2-6-12/h3-4,7-8,12H,1-2,5-6,9-10H2,(H,20,24)(H,21,25). The Morgan fingerprint density at radius 1 is 1.14 bits per heavy atom. The third kappa shape index (κ3) is 3.77. The highest BCUT2D eigenvalue weighted by Gasteiger charge is 2.34. The van der Waals surface area contributed by atoms with Crippen LogP contribution in [0.2, 0.25) is 5.02 Å². The summed E-state index contributed by atoms with van der Waals surface area (Å²) in [4.78, 5) is 24.7. The Balaban J connectivity index is 1.65. The highest BCUT2D eigenvalue weighted by atomic mass is 35.5. The molecular formula is C18H19ClN4O4S. The fourth-order valence-electron chi connectivity index (χ4n) is 3.65. The average Bonchev–Trinajstić information content (AvgIpc) is 3.31. The number of nitrogens with one attached hydrogen (secondary N) is 2. The first kappa shape index (κ1) is 18.9. The molecule has 8 nitrogen and oxygen atoms in total. The van der Waals surface area contributed by atoms with E-state index in [9.17, 15) is 18.0 Å². The zero-order valence-electron chi connectivity index (χ0n) is 14.9. The van der Waals surface area contributed by atoms with Crippen molar-refractivity contribution >= 4 is 39.1 Å². The van der Waals surface area contributed by atoms with Crippen LogP contribution >= 0.6 is 11.6 Å². The smallest absolute Gasteiger partial charge is 0.314 e. The van der Waals surface area contributed by atoms with Crippen LogP contribution in [0.4, 0.5) is 5.82 Å². The first-order valence-corrected chi connectivity index (χ1v) is 11.2. The van der Waals surface area contributed by atoms with E-state index in [4.69, 9.17) is 11.6 Å². The Kier molecular flexibility index (Phi) is 4.88. The number of fused-ring (bicyclic) bond motifs is 1. The van der Waals surface area contributed by atoms with E-state index in [1.54, 1.807) is 24.3 Å². The van der Waals surface area contributed by atoms with Gasteiger partial charge in [0.05, 0.1) is 22.9 Å². The SMILES string of the molecule is O=C(Nc1c2c(nn1-c1cccc(Cl)c1)CS(=O)(=O)C2)C(=O)NC1CCCC1. The molecule has 2 aromatic rings. The molecule has 2 amide bonds. The summed E-state index contributed by atoms with van der Waals surface area (Å²) in [5, 5.41) is 10.1. The van der Waals surface area contributed by atoms with Gasteiger partial charge in [0.15, 0.2) is 9.84 Å². The van der Waals surface area contributed by atoms with Crippen LogP contribution in [0.3, 0.4) is 0 Å². The number of hydrogen-bond donors (Lipinski definition) is 2. The monoisotopic (exact) mass is 422 g/mol. The molecule has 1 aliphatic heterocycles. The normalized spacial score (nSPS) is 18.0. The molecular weight excluding hydrogens is 404 g/mol. The number of hydrogen-bond acceptors (Lipinski definition) is 5. The summed E-state index contributed by atoms with van der Waals surface area (Å²) in [5.74, 6) is -1.83. The molecule has 4 rings (SSSR count). The number of rotatable bonds is 3. The van der Waals surface area contributed by atoms with Gasteiger partial charge < -0.3 is 10.6 Å². The minimum atomic E-state index is -3.32. The Labute approximate surface area is 167 Å². The van der Waals surface area contributed by atoms with Gasteiger partial charge in [0, 0.05) is 16.6 Å². The van der Waals surface area contributed by atoms with E-state index in [0.717, 1.165) is 25.7 Å². The molecule has 0 saturated heterocycles.